The first-order valence-electron chi connectivity index (χ1n) is 5.82. The molecule has 0 bridgehead atoms. The zero-order valence-electron chi connectivity index (χ0n) is 10.6. The molecule has 0 aliphatic heterocycles. The second-order valence-electron chi connectivity index (χ2n) is 4.23. The molecule has 0 aliphatic rings. The number of benzene rings is 2. The second-order valence-corrected chi connectivity index (χ2v) is 4.23. The van der Waals surface area contributed by atoms with Crippen LogP contribution in [0.5, 0.6) is 5.75 Å². The Labute approximate surface area is 115 Å². The van der Waals surface area contributed by atoms with Gasteiger partial charge in [-0.3, -0.25) is 4.79 Å². The third kappa shape index (κ3) is 2.59. The van der Waals surface area contributed by atoms with Crippen molar-refractivity contribution in [3.05, 3.63) is 58.9 Å². The van der Waals surface area contributed by atoms with Crippen molar-refractivity contribution in [1.29, 1.82) is 5.26 Å². The average Bonchev–Trinajstić information content (AvgIpc) is 2.43. The van der Waals surface area contributed by atoms with E-state index in [2.05, 4.69) is 5.32 Å². The van der Waals surface area contributed by atoms with Crippen LogP contribution >= 0.6 is 0 Å². The molecular formula is C15H11FN2O2. The minimum atomic E-state index is -0.561. The summed E-state index contributed by atoms with van der Waals surface area (Å²) < 4.78 is 13.0. The molecule has 0 fully saturated rings. The first-order valence-corrected chi connectivity index (χ1v) is 5.82. The van der Waals surface area contributed by atoms with Gasteiger partial charge in [0.15, 0.2) is 0 Å². The van der Waals surface area contributed by atoms with Crippen LogP contribution in [0.4, 0.5) is 10.1 Å². The lowest BCUT2D eigenvalue weighted by atomic mass is 10.1. The highest BCUT2D eigenvalue weighted by Crippen LogP contribution is 2.23. The zero-order valence-corrected chi connectivity index (χ0v) is 10.6. The lowest BCUT2D eigenvalue weighted by Crippen LogP contribution is -2.13. The number of nitrogens with zero attached hydrogens (tertiary/aromatic N) is 1. The second kappa shape index (κ2) is 5.41. The maximum absolute atomic E-state index is 13.0. The third-order valence-electron chi connectivity index (χ3n) is 2.83. The van der Waals surface area contributed by atoms with Gasteiger partial charge >= 0.3 is 0 Å². The fourth-order valence-electron chi connectivity index (χ4n) is 1.75. The molecule has 0 radical (unpaired) electrons. The molecule has 0 aliphatic carbocycles. The Hall–Kier alpha value is -2.87. The van der Waals surface area contributed by atoms with Crippen LogP contribution in [0.1, 0.15) is 21.5 Å². The van der Waals surface area contributed by atoms with Gasteiger partial charge < -0.3 is 10.4 Å². The largest absolute Gasteiger partial charge is 0.507 e. The van der Waals surface area contributed by atoms with Crippen molar-refractivity contribution in [1.82, 2.24) is 0 Å². The lowest BCUT2D eigenvalue weighted by Gasteiger charge is -2.09. The smallest absolute Gasteiger partial charge is 0.259 e. The summed E-state index contributed by atoms with van der Waals surface area (Å²) in [6.45, 7) is 1.67. The summed E-state index contributed by atoms with van der Waals surface area (Å²) in [6, 6.07) is 10.1. The maximum Gasteiger partial charge on any atom is 0.259 e. The number of phenols is 1. The van der Waals surface area contributed by atoms with Gasteiger partial charge in [-0.1, -0.05) is 12.1 Å². The van der Waals surface area contributed by atoms with Gasteiger partial charge in [-0.25, -0.2) is 4.39 Å². The first-order chi connectivity index (χ1) is 9.52. The third-order valence-corrected chi connectivity index (χ3v) is 2.83. The molecule has 0 unspecified atom stereocenters. The number of hydrogen-bond donors (Lipinski definition) is 2. The van der Waals surface area contributed by atoms with E-state index >= 15 is 0 Å². The van der Waals surface area contributed by atoms with Crippen molar-refractivity contribution in [2.24, 2.45) is 0 Å². The highest BCUT2D eigenvalue weighted by Gasteiger charge is 2.14. The van der Waals surface area contributed by atoms with Gasteiger partial charge in [-0.05, 0) is 36.8 Å². The van der Waals surface area contributed by atoms with Crippen molar-refractivity contribution in [3.8, 4) is 11.8 Å². The molecule has 20 heavy (non-hydrogen) atoms. The Morgan fingerprint density at radius 1 is 1.35 bits per heavy atom. The van der Waals surface area contributed by atoms with Crippen LogP contribution in [-0.2, 0) is 0 Å². The van der Waals surface area contributed by atoms with E-state index in [1.165, 1.54) is 12.1 Å². The van der Waals surface area contributed by atoms with E-state index in [1.54, 1.807) is 25.1 Å². The number of rotatable bonds is 2. The molecule has 2 N–H and O–H groups in total. The number of aryl methyl sites for hydroxylation is 1. The number of anilines is 1. The van der Waals surface area contributed by atoms with E-state index in [-0.39, 0.29) is 22.6 Å². The summed E-state index contributed by atoms with van der Waals surface area (Å²) in [5, 5.41) is 21.2. The van der Waals surface area contributed by atoms with Crippen LogP contribution in [0.3, 0.4) is 0 Å². The van der Waals surface area contributed by atoms with Crippen LogP contribution < -0.4 is 5.32 Å². The Kier molecular flexibility index (Phi) is 3.67. The van der Waals surface area contributed by atoms with Crippen LogP contribution in [0.2, 0.25) is 0 Å². The quantitative estimate of drug-likeness (QED) is 0.881. The van der Waals surface area contributed by atoms with Crippen molar-refractivity contribution in [3.63, 3.8) is 0 Å². The molecule has 0 spiro atoms. The maximum atomic E-state index is 13.0. The van der Waals surface area contributed by atoms with Crippen molar-refractivity contribution >= 4 is 11.6 Å². The summed E-state index contributed by atoms with van der Waals surface area (Å²) in [7, 11) is 0. The number of halogens is 1. The van der Waals surface area contributed by atoms with Gasteiger partial charge in [-0.15, -0.1) is 0 Å². The van der Waals surface area contributed by atoms with E-state index in [0.29, 0.717) is 5.56 Å². The van der Waals surface area contributed by atoms with Gasteiger partial charge in [0.2, 0.25) is 0 Å². The van der Waals surface area contributed by atoms with Crippen molar-refractivity contribution in [2.75, 3.05) is 5.32 Å². The van der Waals surface area contributed by atoms with E-state index < -0.39 is 11.7 Å². The Morgan fingerprint density at radius 2 is 2.10 bits per heavy atom. The molecule has 0 heterocycles. The molecule has 1 amide bonds. The molecule has 0 saturated heterocycles. The molecule has 0 aromatic heterocycles. The SMILES string of the molecule is Cc1cccc(C(=O)Nc2ccc(F)cc2C#N)c1O. The van der Waals surface area contributed by atoms with Gasteiger partial charge in [-0.2, -0.15) is 5.26 Å². The number of carbonyl (C=O) groups is 1. The van der Waals surface area contributed by atoms with Gasteiger partial charge in [0.05, 0.1) is 16.8 Å². The zero-order chi connectivity index (χ0) is 14.7. The number of nitrogens with one attached hydrogen (secondary N) is 1. The molecule has 4 nitrogen and oxygen atoms in total. The number of amides is 1. The molecule has 2 aromatic rings. The predicted molar refractivity (Wildman–Crippen MR) is 71.9 cm³/mol. The Balaban J connectivity index is 2.33. The number of para-hydroxylation sites is 1. The molecule has 5 heteroatoms. The van der Waals surface area contributed by atoms with E-state index in [9.17, 15) is 14.3 Å². The normalized spacial score (nSPS) is 9.85. The topological polar surface area (TPSA) is 73.1 Å². The Morgan fingerprint density at radius 3 is 2.80 bits per heavy atom. The molecule has 100 valence electrons. The lowest BCUT2D eigenvalue weighted by molar-refractivity contribution is 0.102. The number of hydrogen-bond acceptors (Lipinski definition) is 3. The number of aromatic hydroxyl groups is 1. The van der Waals surface area contributed by atoms with Crippen LogP contribution in [-0.4, -0.2) is 11.0 Å². The molecule has 0 atom stereocenters. The molecular weight excluding hydrogens is 259 g/mol. The van der Waals surface area contributed by atoms with E-state index in [1.807, 2.05) is 0 Å². The summed E-state index contributed by atoms with van der Waals surface area (Å²) >= 11 is 0. The summed E-state index contributed by atoms with van der Waals surface area (Å²) in [5.41, 5.74) is 0.876. The fraction of sp³-hybridized carbons (Fsp3) is 0.0667. The van der Waals surface area contributed by atoms with Gasteiger partial charge in [0, 0.05) is 0 Å². The number of nitriles is 1. The molecule has 2 rings (SSSR count). The van der Waals surface area contributed by atoms with E-state index in [4.69, 9.17) is 5.26 Å². The van der Waals surface area contributed by atoms with Crippen molar-refractivity contribution in [2.45, 2.75) is 6.92 Å². The van der Waals surface area contributed by atoms with Crippen molar-refractivity contribution < 1.29 is 14.3 Å². The summed E-state index contributed by atoms with van der Waals surface area (Å²) in [6.07, 6.45) is 0. The fourth-order valence-corrected chi connectivity index (χ4v) is 1.75. The van der Waals surface area contributed by atoms with Crippen LogP contribution in [0.15, 0.2) is 36.4 Å². The monoisotopic (exact) mass is 270 g/mol. The first kappa shape index (κ1) is 13.6. The van der Waals surface area contributed by atoms with Crippen LogP contribution in [0.25, 0.3) is 0 Å². The summed E-state index contributed by atoms with van der Waals surface area (Å²) in [4.78, 5) is 12.1. The predicted octanol–water partition coefficient (Wildman–Crippen LogP) is 2.96. The van der Waals surface area contributed by atoms with Crippen LogP contribution in [0, 0.1) is 24.1 Å². The molecule has 0 saturated carbocycles. The van der Waals surface area contributed by atoms with Gasteiger partial charge in [0.1, 0.15) is 17.6 Å². The average molecular weight is 270 g/mol. The highest BCUT2D eigenvalue weighted by molar-refractivity contribution is 6.06. The summed E-state index contributed by atoms with van der Waals surface area (Å²) in [5.74, 6) is -1.24. The Bertz CT molecular complexity index is 720. The standard InChI is InChI=1S/C15H11FN2O2/c1-9-3-2-4-12(14(9)19)15(20)18-13-6-5-11(16)7-10(13)8-17/h2-7,19H,1H3,(H,18,20). The minimum Gasteiger partial charge on any atom is -0.507 e. The van der Waals surface area contributed by atoms with E-state index in [0.717, 1.165) is 12.1 Å². The minimum absolute atomic E-state index is 0.0190. The number of phenolic OH excluding ortho intramolecular Hbond substituents is 1. The number of carbonyl (C=O) groups excluding carboxylic acids is 1. The van der Waals surface area contributed by atoms with Gasteiger partial charge in [0.25, 0.3) is 5.91 Å². The highest BCUT2D eigenvalue weighted by atomic mass is 19.1. The molecule has 2 aromatic carbocycles.